The molecule has 0 atom stereocenters. The van der Waals surface area contributed by atoms with Crippen LogP contribution in [0.3, 0.4) is 0 Å². The predicted molar refractivity (Wildman–Crippen MR) is 89.0 cm³/mol. The Morgan fingerprint density at radius 2 is 2.14 bits per heavy atom. The molecule has 0 fully saturated rings. The highest BCUT2D eigenvalue weighted by Gasteiger charge is 2.14. The van der Waals surface area contributed by atoms with Crippen molar-refractivity contribution in [2.24, 2.45) is 0 Å². The van der Waals surface area contributed by atoms with E-state index in [0.717, 1.165) is 15.8 Å². The van der Waals surface area contributed by atoms with E-state index in [1.165, 1.54) is 16.9 Å². The predicted octanol–water partition coefficient (Wildman–Crippen LogP) is 4.32. The second-order valence-corrected chi connectivity index (χ2v) is 6.62. The quantitative estimate of drug-likeness (QED) is 0.739. The van der Waals surface area contributed by atoms with Crippen LogP contribution in [-0.4, -0.2) is 15.9 Å². The molecular weight excluding hydrogens is 350 g/mol. The number of nitrogens with one attached hydrogen (secondary N) is 1. The Labute approximate surface area is 134 Å². The van der Waals surface area contributed by atoms with Gasteiger partial charge in [-0.2, -0.15) is 0 Å². The zero-order valence-corrected chi connectivity index (χ0v) is 13.9. The Morgan fingerprint density at radius 1 is 1.33 bits per heavy atom. The maximum Gasteiger partial charge on any atom is 0.277 e. The Morgan fingerprint density at radius 3 is 2.90 bits per heavy atom. The summed E-state index contributed by atoms with van der Waals surface area (Å²) in [7, 11) is 0. The molecule has 2 heterocycles. The van der Waals surface area contributed by atoms with E-state index in [1.807, 2.05) is 6.92 Å². The first-order valence-electron chi connectivity index (χ1n) is 6.34. The number of aromatic nitrogens is 2. The lowest BCUT2D eigenvalue weighted by Crippen LogP contribution is -2.13. The Balaban J connectivity index is 1.94. The Hall–Kier alpha value is -1.79. The average Bonchev–Trinajstić information content (AvgIpc) is 2.81. The van der Waals surface area contributed by atoms with Crippen molar-refractivity contribution in [3.8, 4) is 0 Å². The van der Waals surface area contributed by atoms with Gasteiger partial charge in [0.15, 0.2) is 5.13 Å². The van der Waals surface area contributed by atoms with Crippen molar-refractivity contribution in [1.29, 1.82) is 0 Å². The number of rotatable bonds is 2. The second-order valence-electron chi connectivity index (χ2n) is 4.74. The first-order valence-corrected chi connectivity index (χ1v) is 7.95. The lowest BCUT2D eigenvalue weighted by atomic mass is 10.1. The van der Waals surface area contributed by atoms with Gasteiger partial charge in [-0.1, -0.05) is 17.4 Å². The molecule has 2 aromatic heterocycles. The molecule has 1 aromatic carbocycles. The largest absolute Gasteiger partial charge is 0.296 e. The van der Waals surface area contributed by atoms with Crippen LogP contribution in [0.25, 0.3) is 10.2 Å². The molecule has 0 saturated heterocycles. The molecule has 3 aromatic rings. The number of halogens is 1. The highest BCUT2D eigenvalue weighted by atomic mass is 79.9. The smallest absolute Gasteiger partial charge is 0.277 e. The molecule has 0 aliphatic carbocycles. The number of hydrogen-bond acceptors (Lipinski definition) is 4. The fraction of sp³-hybridized carbons (Fsp3) is 0.133. The summed E-state index contributed by atoms with van der Waals surface area (Å²) >= 11 is 4.79. The van der Waals surface area contributed by atoms with Crippen molar-refractivity contribution in [2.75, 3.05) is 5.32 Å². The zero-order valence-electron chi connectivity index (χ0n) is 11.5. The normalized spacial score (nSPS) is 10.8. The van der Waals surface area contributed by atoms with Crippen LogP contribution in [0.1, 0.15) is 21.6 Å². The highest BCUT2D eigenvalue weighted by Crippen LogP contribution is 2.29. The van der Waals surface area contributed by atoms with Crippen molar-refractivity contribution >= 4 is 48.5 Å². The third-order valence-electron chi connectivity index (χ3n) is 3.02. The summed E-state index contributed by atoms with van der Waals surface area (Å²) < 4.78 is 1.73. The maximum atomic E-state index is 12.2. The first kappa shape index (κ1) is 14.2. The van der Waals surface area contributed by atoms with Crippen molar-refractivity contribution in [3.63, 3.8) is 0 Å². The SMILES string of the molecule is Cc1cc(C)c2nc(NC(=O)c3ncccc3Br)sc2c1. The number of amides is 1. The molecule has 21 heavy (non-hydrogen) atoms. The van der Waals surface area contributed by atoms with E-state index in [1.54, 1.807) is 18.3 Å². The van der Waals surface area contributed by atoms with Gasteiger partial charge in [-0.05, 0) is 59.1 Å². The molecule has 4 nitrogen and oxygen atoms in total. The van der Waals surface area contributed by atoms with Gasteiger partial charge in [-0.15, -0.1) is 0 Å². The maximum absolute atomic E-state index is 12.2. The van der Waals surface area contributed by atoms with E-state index in [0.29, 0.717) is 15.3 Å². The van der Waals surface area contributed by atoms with Gasteiger partial charge in [-0.3, -0.25) is 10.1 Å². The second kappa shape index (κ2) is 5.54. The number of nitrogens with zero attached hydrogens (tertiary/aromatic N) is 2. The standard InChI is InChI=1S/C15H12BrN3OS/c1-8-6-9(2)12-11(7-8)21-15(18-12)19-14(20)13-10(16)4-3-5-17-13/h3-7H,1-2H3,(H,18,19,20). The summed E-state index contributed by atoms with van der Waals surface area (Å²) in [5.41, 5.74) is 3.58. The van der Waals surface area contributed by atoms with Crippen molar-refractivity contribution < 1.29 is 4.79 Å². The van der Waals surface area contributed by atoms with Crippen molar-refractivity contribution in [1.82, 2.24) is 9.97 Å². The molecule has 0 bridgehead atoms. The van der Waals surface area contributed by atoms with Gasteiger partial charge in [0.1, 0.15) is 5.69 Å². The lowest BCUT2D eigenvalue weighted by molar-refractivity contribution is 0.102. The van der Waals surface area contributed by atoms with Gasteiger partial charge in [0.2, 0.25) is 0 Å². The topological polar surface area (TPSA) is 54.9 Å². The van der Waals surface area contributed by atoms with Crippen LogP contribution in [0.5, 0.6) is 0 Å². The molecule has 1 N–H and O–H groups in total. The minimum Gasteiger partial charge on any atom is -0.296 e. The fourth-order valence-electron chi connectivity index (χ4n) is 2.13. The highest BCUT2D eigenvalue weighted by molar-refractivity contribution is 9.10. The van der Waals surface area contributed by atoms with E-state index in [4.69, 9.17) is 0 Å². The number of carbonyl (C=O) groups excluding carboxylic acids is 1. The third kappa shape index (κ3) is 2.82. The van der Waals surface area contributed by atoms with E-state index in [9.17, 15) is 4.79 Å². The van der Waals surface area contributed by atoms with E-state index < -0.39 is 0 Å². The van der Waals surface area contributed by atoms with Gasteiger partial charge < -0.3 is 0 Å². The van der Waals surface area contributed by atoms with E-state index >= 15 is 0 Å². The summed E-state index contributed by atoms with van der Waals surface area (Å²) in [6.07, 6.45) is 1.59. The zero-order chi connectivity index (χ0) is 15.0. The van der Waals surface area contributed by atoms with Gasteiger partial charge in [0.05, 0.1) is 10.2 Å². The number of anilines is 1. The average molecular weight is 362 g/mol. The Kier molecular flexibility index (Phi) is 3.73. The van der Waals surface area contributed by atoms with Crippen LogP contribution < -0.4 is 5.32 Å². The molecule has 6 heteroatoms. The van der Waals surface area contributed by atoms with Crippen LogP contribution in [0, 0.1) is 13.8 Å². The summed E-state index contributed by atoms with van der Waals surface area (Å²) in [6.45, 7) is 4.07. The summed E-state index contributed by atoms with van der Waals surface area (Å²) in [4.78, 5) is 20.8. The molecule has 3 rings (SSSR count). The van der Waals surface area contributed by atoms with Crippen LogP contribution >= 0.6 is 27.3 Å². The number of pyridine rings is 1. The number of hydrogen-bond donors (Lipinski definition) is 1. The molecule has 0 unspecified atom stereocenters. The monoisotopic (exact) mass is 361 g/mol. The molecule has 0 aliphatic heterocycles. The number of fused-ring (bicyclic) bond motifs is 1. The van der Waals surface area contributed by atoms with Crippen LogP contribution in [-0.2, 0) is 0 Å². The first-order chi connectivity index (χ1) is 10.0. The van der Waals surface area contributed by atoms with E-state index in [2.05, 4.69) is 50.3 Å². The van der Waals surface area contributed by atoms with Gasteiger partial charge in [0.25, 0.3) is 5.91 Å². The molecular formula is C15H12BrN3OS. The van der Waals surface area contributed by atoms with Gasteiger partial charge >= 0.3 is 0 Å². The van der Waals surface area contributed by atoms with Crippen LogP contribution in [0.15, 0.2) is 34.9 Å². The van der Waals surface area contributed by atoms with Gasteiger partial charge in [0, 0.05) is 10.7 Å². The fourth-order valence-corrected chi connectivity index (χ4v) is 3.61. The third-order valence-corrected chi connectivity index (χ3v) is 4.58. The Bertz CT molecular complexity index is 844. The number of benzene rings is 1. The summed E-state index contributed by atoms with van der Waals surface area (Å²) in [5.74, 6) is -0.268. The molecule has 1 amide bonds. The minimum absolute atomic E-state index is 0.268. The molecule has 106 valence electrons. The number of thiazole rings is 1. The molecule has 0 saturated carbocycles. The van der Waals surface area contributed by atoms with Crippen molar-refractivity contribution in [3.05, 3.63) is 51.8 Å². The van der Waals surface area contributed by atoms with Crippen LogP contribution in [0.4, 0.5) is 5.13 Å². The molecule has 0 spiro atoms. The number of carbonyl (C=O) groups is 1. The van der Waals surface area contributed by atoms with Gasteiger partial charge in [-0.25, -0.2) is 9.97 Å². The van der Waals surface area contributed by atoms with Crippen LogP contribution in [0.2, 0.25) is 0 Å². The lowest BCUT2D eigenvalue weighted by Gasteiger charge is -2.02. The summed E-state index contributed by atoms with van der Waals surface area (Å²) in [5, 5.41) is 3.40. The molecule has 0 aliphatic rings. The minimum atomic E-state index is -0.268. The van der Waals surface area contributed by atoms with E-state index in [-0.39, 0.29) is 5.91 Å². The molecule has 0 radical (unpaired) electrons. The summed E-state index contributed by atoms with van der Waals surface area (Å²) in [6, 6.07) is 7.72. The number of aryl methyl sites for hydroxylation is 2. The van der Waals surface area contributed by atoms with Crippen molar-refractivity contribution in [2.45, 2.75) is 13.8 Å².